The van der Waals surface area contributed by atoms with Crippen LogP contribution in [0.1, 0.15) is 32.9 Å². The van der Waals surface area contributed by atoms with Gasteiger partial charge in [-0.25, -0.2) is 14.8 Å². The van der Waals surface area contributed by atoms with Gasteiger partial charge in [-0.1, -0.05) is 11.6 Å². The Kier molecular flexibility index (Phi) is 5.11. The fraction of sp³-hybridized carbons (Fsp3) is 0.667. The van der Waals surface area contributed by atoms with Gasteiger partial charge in [0.15, 0.2) is 0 Å². The summed E-state index contributed by atoms with van der Waals surface area (Å²) in [5, 5.41) is 3.62. The molecule has 1 aromatic rings. The molecule has 1 amide bonds. The molecule has 1 saturated heterocycles. The average Bonchev–Trinajstić information content (AvgIpc) is 2.82. The molecule has 1 atom stereocenters. The maximum atomic E-state index is 12.0. The van der Waals surface area contributed by atoms with Crippen molar-refractivity contribution in [2.75, 3.05) is 25.0 Å². The zero-order valence-corrected chi connectivity index (χ0v) is 14.3. The molecule has 0 aliphatic carbocycles. The van der Waals surface area contributed by atoms with Gasteiger partial charge in [-0.05, 0) is 46.1 Å². The number of nitrogens with one attached hydrogen (secondary N) is 1. The summed E-state index contributed by atoms with van der Waals surface area (Å²) in [6.45, 7) is 9.60. The Balaban J connectivity index is 1.82. The van der Waals surface area contributed by atoms with Crippen molar-refractivity contribution < 1.29 is 9.53 Å². The first kappa shape index (κ1) is 16.8. The van der Waals surface area contributed by atoms with Crippen LogP contribution in [0.5, 0.6) is 0 Å². The molecule has 0 unspecified atom stereocenters. The van der Waals surface area contributed by atoms with Crippen molar-refractivity contribution in [3.63, 3.8) is 0 Å². The molecule has 0 bridgehead atoms. The van der Waals surface area contributed by atoms with Crippen LogP contribution in [-0.2, 0) is 4.74 Å². The molecule has 6 nitrogen and oxygen atoms in total. The van der Waals surface area contributed by atoms with Gasteiger partial charge in [-0.15, -0.1) is 0 Å². The van der Waals surface area contributed by atoms with Crippen LogP contribution >= 0.6 is 11.6 Å². The van der Waals surface area contributed by atoms with E-state index in [0.29, 0.717) is 30.1 Å². The smallest absolute Gasteiger partial charge is 0.410 e. The summed E-state index contributed by atoms with van der Waals surface area (Å²) in [5.74, 6) is 0.885. The van der Waals surface area contributed by atoms with Gasteiger partial charge in [0, 0.05) is 25.3 Å². The monoisotopic (exact) mass is 326 g/mol. The average molecular weight is 327 g/mol. The molecular formula is C15H23ClN4O2. The third-order valence-electron chi connectivity index (χ3n) is 3.31. The molecule has 1 aliphatic heterocycles. The molecule has 7 heteroatoms. The van der Waals surface area contributed by atoms with E-state index in [1.54, 1.807) is 11.0 Å². The van der Waals surface area contributed by atoms with E-state index in [-0.39, 0.29) is 6.09 Å². The van der Waals surface area contributed by atoms with Gasteiger partial charge in [0.2, 0.25) is 5.95 Å². The maximum Gasteiger partial charge on any atom is 0.410 e. The molecule has 0 radical (unpaired) electrons. The second-order valence-electron chi connectivity index (χ2n) is 6.62. The summed E-state index contributed by atoms with van der Waals surface area (Å²) >= 11 is 5.91. The van der Waals surface area contributed by atoms with Gasteiger partial charge in [-0.2, -0.15) is 0 Å². The van der Waals surface area contributed by atoms with Gasteiger partial charge in [-0.3, -0.25) is 0 Å². The number of likely N-dealkylation sites (tertiary alicyclic amines) is 1. The SMILES string of the molecule is Cc1cc(Cl)nc(NC[C@@H]2CCN(C(=O)OC(C)(C)C)C2)n1. The Bertz CT molecular complexity index is 525. The maximum absolute atomic E-state index is 12.0. The summed E-state index contributed by atoms with van der Waals surface area (Å²) in [4.78, 5) is 22.2. The zero-order chi connectivity index (χ0) is 16.3. The lowest BCUT2D eigenvalue weighted by Crippen LogP contribution is -2.35. The van der Waals surface area contributed by atoms with Crippen LogP contribution in [0.3, 0.4) is 0 Å². The van der Waals surface area contributed by atoms with Crippen LogP contribution in [0.25, 0.3) is 0 Å². The van der Waals surface area contributed by atoms with Gasteiger partial charge >= 0.3 is 6.09 Å². The number of anilines is 1. The van der Waals surface area contributed by atoms with E-state index in [4.69, 9.17) is 16.3 Å². The minimum absolute atomic E-state index is 0.246. The van der Waals surface area contributed by atoms with E-state index in [0.717, 1.165) is 18.7 Å². The standard InChI is InChI=1S/C15H23ClN4O2/c1-10-7-12(16)19-13(18-10)17-8-11-5-6-20(9-11)14(21)22-15(2,3)4/h7,11H,5-6,8-9H2,1-4H3,(H,17,18,19)/t11-/m0/s1. The molecule has 1 fully saturated rings. The number of hydrogen-bond acceptors (Lipinski definition) is 5. The van der Waals surface area contributed by atoms with Gasteiger partial charge in [0.1, 0.15) is 10.8 Å². The topological polar surface area (TPSA) is 67.4 Å². The van der Waals surface area contributed by atoms with Crippen LogP contribution in [-0.4, -0.2) is 46.2 Å². The van der Waals surface area contributed by atoms with Crippen LogP contribution in [0.4, 0.5) is 10.7 Å². The van der Waals surface area contributed by atoms with Crippen LogP contribution in [0.15, 0.2) is 6.07 Å². The number of aryl methyl sites for hydroxylation is 1. The van der Waals surface area contributed by atoms with Crippen molar-refractivity contribution in [1.29, 1.82) is 0 Å². The molecule has 0 saturated carbocycles. The van der Waals surface area contributed by atoms with Crippen molar-refractivity contribution in [2.24, 2.45) is 5.92 Å². The van der Waals surface area contributed by atoms with E-state index in [2.05, 4.69) is 15.3 Å². The Morgan fingerprint density at radius 3 is 2.86 bits per heavy atom. The summed E-state index contributed by atoms with van der Waals surface area (Å²) in [6, 6.07) is 1.71. The number of rotatable bonds is 3. The Labute approximate surface area is 136 Å². The number of carbonyl (C=O) groups excluding carboxylic acids is 1. The first-order chi connectivity index (χ1) is 10.2. The first-order valence-corrected chi connectivity index (χ1v) is 7.84. The Morgan fingerprint density at radius 2 is 2.23 bits per heavy atom. The Morgan fingerprint density at radius 1 is 1.50 bits per heavy atom. The molecule has 22 heavy (non-hydrogen) atoms. The largest absolute Gasteiger partial charge is 0.444 e. The van der Waals surface area contributed by atoms with Crippen molar-refractivity contribution in [1.82, 2.24) is 14.9 Å². The zero-order valence-electron chi connectivity index (χ0n) is 13.5. The molecule has 1 N–H and O–H groups in total. The molecule has 0 aromatic carbocycles. The van der Waals surface area contributed by atoms with Crippen molar-refractivity contribution in [3.05, 3.63) is 16.9 Å². The lowest BCUT2D eigenvalue weighted by atomic mass is 10.1. The fourth-order valence-corrected chi connectivity index (χ4v) is 2.57. The second-order valence-corrected chi connectivity index (χ2v) is 7.00. The third kappa shape index (κ3) is 5.02. The van der Waals surface area contributed by atoms with Crippen LogP contribution < -0.4 is 5.32 Å². The number of aromatic nitrogens is 2. The molecule has 1 aliphatic rings. The van der Waals surface area contributed by atoms with Gasteiger partial charge < -0.3 is 15.0 Å². The lowest BCUT2D eigenvalue weighted by molar-refractivity contribution is 0.0289. The minimum Gasteiger partial charge on any atom is -0.444 e. The van der Waals surface area contributed by atoms with Crippen molar-refractivity contribution >= 4 is 23.6 Å². The highest BCUT2D eigenvalue weighted by Crippen LogP contribution is 2.20. The molecule has 122 valence electrons. The quantitative estimate of drug-likeness (QED) is 0.864. The Hall–Kier alpha value is -1.56. The van der Waals surface area contributed by atoms with E-state index >= 15 is 0 Å². The number of carbonyl (C=O) groups is 1. The summed E-state index contributed by atoms with van der Waals surface area (Å²) < 4.78 is 5.39. The van der Waals surface area contributed by atoms with Crippen molar-refractivity contribution in [3.8, 4) is 0 Å². The first-order valence-electron chi connectivity index (χ1n) is 7.46. The van der Waals surface area contributed by atoms with Gasteiger partial charge in [0.25, 0.3) is 0 Å². The number of hydrogen-bond donors (Lipinski definition) is 1. The predicted octanol–water partition coefficient (Wildman–Crippen LogP) is 3.11. The minimum atomic E-state index is -0.459. The highest BCUT2D eigenvalue weighted by molar-refractivity contribution is 6.29. The normalized spacial score (nSPS) is 18.4. The highest BCUT2D eigenvalue weighted by Gasteiger charge is 2.29. The highest BCUT2D eigenvalue weighted by atomic mass is 35.5. The van der Waals surface area contributed by atoms with Crippen molar-refractivity contribution in [2.45, 2.75) is 39.7 Å². The molecule has 0 spiro atoms. The third-order valence-corrected chi connectivity index (χ3v) is 3.50. The van der Waals surface area contributed by atoms with Crippen LogP contribution in [0, 0.1) is 12.8 Å². The number of amides is 1. The van der Waals surface area contributed by atoms with Crippen LogP contribution in [0.2, 0.25) is 5.15 Å². The molecule has 2 rings (SSSR count). The number of halogens is 1. The summed E-state index contributed by atoms with van der Waals surface area (Å²) in [5.41, 5.74) is 0.365. The summed E-state index contributed by atoms with van der Waals surface area (Å²) in [7, 11) is 0. The second kappa shape index (κ2) is 6.69. The van der Waals surface area contributed by atoms with Gasteiger partial charge in [0.05, 0.1) is 0 Å². The number of ether oxygens (including phenoxy) is 1. The molecule has 1 aromatic heterocycles. The fourth-order valence-electron chi connectivity index (χ4n) is 2.34. The molecular weight excluding hydrogens is 304 g/mol. The van der Waals surface area contributed by atoms with E-state index in [1.165, 1.54) is 0 Å². The van der Waals surface area contributed by atoms with E-state index in [9.17, 15) is 4.79 Å². The van der Waals surface area contributed by atoms with E-state index in [1.807, 2.05) is 27.7 Å². The predicted molar refractivity (Wildman–Crippen MR) is 86.2 cm³/mol. The van der Waals surface area contributed by atoms with E-state index < -0.39 is 5.60 Å². The molecule has 2 heterocycles. The number of nitrogens with zero attached hydrogens (tertiary/aromatic N) is 3. The lowest BCUT2D eigenvalue weighted by Gasteiger charge is -2.24. The summed E-state index contributed by atoms with van der Waals surface area (Å²) in [6.07, 6.45) is 0.691.